The molecule has 0 aliphatic heterocycles. The molecule has 0 fully saturated rings. The molecule has 1 N–H and O–H groups in total. The Balaban J connectivity index is 2.76. The van der Waals surface area contributed by atoms with Crippen LogP contribution >= 0.6 is 0 Å². The fourth-order valence-corrected chi connectivity index (χ4v) is 3.32. The van der Waals surface area contributed by atoms with Crippen LogP contribution in [-0.4, -0.2) is 14.2 Å². The van der Waals surface area contributed by atoms with E-state index in [9.17, 15) is 8.42 Å². The van der Waals surface area contributed by atoms with Gasteiger partial charge in [-0.15, -0.1) is 0 Å². The molecule has 0 aliphatic rings. The van der Waals surface area contributed by atoms with E-state index in [0.29, 0.717) is 6.42 Å². The smallest absolute Gasteiger partial charge is 0.212 e. The summed E-state index contributed by atoms with van der Waals surface area (Å²) < 4.78 is 26.6. The molecule has 0 aliphatic carbocycles. The first-order valence-corrected chi connectivity index (χ1v) is 8.20. The van der Waals surface area contributed by atoms with Crippen molar-refractivity contribution in [2.45, 2.75) is 46.1 Å². The molecule has 0 bridgehead atoms. The molecule has 4 heteroatoms. The third-order valence-corrected chi connectivity index (χ3v) is 4.45. The van der Waals surface area contributed by atoms with Crippen LogP contribution in [0.15, 0.2) is 24.3 Å². The predicted molar refractivity (Wildman–Crippen MR) is 76.0 cm³/mol. The van der Waals surface area contributed by atoms with E-state index in [0.717, 1.165) is 18.4 Å². The molecule has 102 valence electrons. The summed E-state index contributed by atoms with van der Waals surface area (Å²) >= 11 is 0. The first-order chi connectivity index (χ1) is 8.48. The standard InChI is InChI=1S/C14H23NO2S/c1-4-6-11-18(16,17)15-14(5-2)13-9-7-12(3)8-10-13/h7-10,14-15H,4-6,11H2,1-3H3/t14-/m0/s1. The highest BCUT2D eigenvalue weighted by Gasteiger charge is 2.17. The van der Waals surface area contributed by atoms with Crippen LogP contribution in [0.1, 0.15) is 50.3 Å². The summed E-state index contributed by atoms with van der Waals surface area (Å²) in [5.74, 6) is 0.214. The van der Waals surface area contributed by atoms with Gasteiger partial charge in [-0.1, -0.05) is 50.1 Å². The van der Waals surface area contributed by atoms with Gasteiger partial charge in [-0.05, 0) is 25.3 Å². The Labute approximate surface area is 111 Å². The van der Waals surface area contributed by atoms with Crippen LogP contribution in [0.5, 0.6) is 0 Å². The van der Waals surface area contributed by atoms with Crippen LogP contribution in [0.25, 0.3) is 0 Å². The molecule has 0 heterocycles. The second kappa shape index (κ2) is 6.90. The first-order valence-electron chi connectivity index (χ1n) is 6.55. The topological polar surface area (TPSA) is 46.2 Å². The van der Waals surface area contributed by atoms with E-state index in [2.05, 4.69) is 4.72 Å². The zero-order valence-electron chi connectivity index (χ0n) is 11.4. The number of rotatable bonds is 7. The Bertz CT molecular complexity index is 451. The third kappa shape index (κ3) is 4.78. The lowest BCUT2D eigenvalue weighted by Crippen LogP contribution is -2.30. The molecule has 1 atom stereocenters. The van der Waals surface area contributed by atoms with Gasteiger partial charge < -0.3 is 0 Å². The number of hydrogen-bond donors (Lipinski definition) is 1. The van der Waals surface area contributed by atoms with Crippen molar-refractivity contribution < 1.29 is 8.42 Å². The van der Waals surface area contributed by atoms with Crippen molar-refractivity contribution in [2.24, 2.45) is 0 Å². The average Bonchev–Trinajstić information content (AvgIpc) is 2.35. The van der Waals surface area contributed by atoms with Crippen molar-refractivity contribution in [3.05, 3.63) is 35.4 Å². The molecule has 0 radical (unpaired) electrons. The summed E-state index contributed by atoms with van der Waals surface area (Å²) in [6, 6.07) is 7.89. The van der Waals surface area contributed by atoms with Crippen molar-refractivity contribution in [2.75, 3.05) is 5.75 Å². The van der Waals surface area contributed by atoms with E-state index in [1.54, 1.807) is 0 Å². The molecule has 0 spiro atoms. The SMILES string of the molecule is CCCCS(=O)(=O)N[C@@H](CC)c1ccc(C)cc1. The lowest BCUT2D eigenvalue weighted by atomic mass is 10.0. The molecule has 0 saturated heterocycles. The molecule has 1 rings (SSSR count). The summed E-state index contributed by atoms with van der Waals surface area (Å²) in [5.41, 5.74) is 2.21. The van der Waals surface area contributed by atoms with Crippen LogP contribution < -0.4 is 4.72 Å². The Morgan fingerprint density at radius 1 is 1.17 bits per heavy atom. The van der Waals surface area contributed by atoms with Gasteiger partial charge in [0, 0.05) is 6.04 Å². The normalized spacial score (nSPS) is 13.5. The van der Waals surface area contributed by atoms with Gasteiger partial charge in [0.2, 0.25) is 10.0 Å². The van der Waals surface area contributed by atoms with E-state index in [-0.39, 0.29) is 11.8 Å². The fraction of sp³-hybridized carbons (Fsp3) is 0.571. The summed E-state index contributed by atoms with van der Waals surface area (Å²) in [6.07, 6.45) is 2.36. The van der Waals surface area contributed by atoms with E-state index in [4.69, 9.17) is 0 Å². The molecule has 1 aromatic carbocycles. The molecule has 0 amide bonds. The van der Waals surface area contributed by atoms with Crippen molar-refractivity contribution in [1.82, 2.24) is 4.72 Å². The van der Waals surface area contributed by atoms with E-state index < -0.39 is 10.0 Å². The van der Waals surface area contributed by atoms with E-state index in [1.807, 2.05) is 45.0 Å². The van der Waals surface area contributed by atoms with E-state index in [1.165, 1.54) is 5.56 Å². The van der Waals surface area contributed by atoms with Crippen LogP contribution in [0, 0.1) is 6.92 Å². The van der Waals surface area contributed by atoms with Gasteiger partial charge in [-0.25, -0.2) is 13.1 Å². The molecular formula is C14H23NO2S. The Hall–Kier alpha value is -0.870. The van der Waals surface area contributed by atoms with Crippen molar-refractivity contribution in [3.63, 3.8) is 0 Å². The number of sulfonamides is 1. The minimum Gasteiger partial charge on any atom is -0.212 e. The summed E-state index contributed by atoms with van der Waals surface area (Å²) in [4.78, 5) is 0. The van der Waals surface area contributed by atoms with Crippen LogP contribution in [-0.2, 0) is 10.0 Å². The van der Waals surface area contributed by atoms with Gasteiger partial charge in [0.25, 0.3) is 0 Å². The van der Waals surface area contributed by atoms with Crippen LogP contribution in [0.2, 0.25) is 0 Å². The molecule has 1 aromatic rings. The maximum atomic E-state index is 11.9. The van der Waals surface area contributed by atoms with Crippen LogP contribution in [0.4, 0.5) is 0 Å². The van der Waals surface area contributed by atoms with Gasteiger partial charge >= 0.3 is 0 Å². The summed E-state index contributed by atoms with van der Waals surface area (Å²) in [5, 5.41) is 0. The first kappa shape index (κ1) is 15.2. The van der Waals surface area contributed by atoms with Gasteiger partial charge in [0.15, 0.2) is 0 Å². The lowest BCUT2D eigenvalue weighted by molar-refractivity contribution is 0.547. The van der Waals surface area contributed by atoms with Gasteiger partial charge in [-0.3, -0.25) is 0 Å². The maximum absolute atomic E-state index is 11.9. The fourth-order valence-electron chi connectivity index (χ4n) is 1.80. The second-order valence-electron chi connectivity index (χ2n) is 4.66. The predicted octanol–water partition coefficient (Wildman–Crippen LogP) is 3.17. The van der Waals surface area contributed by atoms with E-state index >= 15 is 0 Å². The van der Waals surface area contributed by atoms with Crippen molar-refractivity contribution >= 4 is 10.0 Å². The largest absolute Gasteiger partial charge is 0.212 e. The van der Waals surface area contributed by atoms with Crippen LogP contribution in [0.3, 0.4) is 0 Å². The monoisotopic (exact) mass is 269 g/mol. The van der Waals surface area contributed by atoms with Gasteiger partial charge in [0.05, 0.1) is 5.75 Å². The molecule has 3 nitrogen and oxygen atoms in total. The second-order valence-corrected chi connectivity index (χ2v) is 6.54. The molecule has 0 aromatic heterocycles. The summed E-state index contributed by atoms with van der Waals surface area (Å²) in [6.45, 7) is 6.01. The minimum absolute atomic E-state index is 0.118. The number of nitrogens with one attached hydrogen (secondary N) is 1. The zero-order valence-corrected chi connectivity index (χ0v) is 12.3. The Morgan fingerprint density at radius 3 is 2.28 bits per heavy atom. The van der Waals surface area contributed by atoms with Crippen molar-refractivity contribution in [1.29, 1.82) is 0 Å². The number of aryl methyl sites for hydroxylation is 1. The van der Waals surface area contributed by atoms with Crippen molar-refractivity contribution in [3.8, 4) is 0 Å². The Kier molecular flexibility index (Phi) is 5.82. The molecular weight excluding hydrogens is 246 g/mol. The number of unbranched alkanes of at least 4 members (excludes halogenated alkanes) is 1. The molecule has 18 heavy (non-hydrogen) atoms. The molecule has 0 saturated carbocycles. The third-order valence-electron chi connectivity index (χ3n) is 2.98. The Morgan fingerprint density at radius 2 is 1.78 bits per heavy atom. The molecule has 0 unspecified atom stereocenters. The average molecular weight is 269 g/mol. The highest BCUT2D eigenvalue weighted by atomic mass is 32.2. The maximum Gasteiger partial charge on any atom is 0.212 e. The van der Waals surface area contributed by atoms with Gasteiger partial charge in [-0.2, -0.15) is 0 Å². The minimum atomic E-state index is -3.16. The highest BCUT2D eigenvalue weighted by molar-refractivity contribution is 7.89. The van der Waals surface area contributed by atoms with Gasteiger partial charge in [0.1, 0.15) is 0 Å². The zero-order chi connectivity index (χ0) is 13.6. The number of hydrogen-bond acceptors (Lipinski definition) is 2. The quantitative estimate of drug-likeness (QED) is 0.826. The summed E-state index contributed by atoms with van der Waals surface area (Å²) in [7, 11) is -3.16. The number of benzene rings is 1. The highest BCUT2D eigenvalue weighted by Crippen LogP contribution is 2.18. The lowest BCUT2D eigenvalue weighted by Gasteiger charge is -2.17.